The van der Waals surface area contributed by atoms with Gasteiger partial charge in [0.05, 0.1) is 13.2 Å². The largest absolute Gasteiger partial charge is 0.497 e. The van der Waals surface area contributed by atoms with Gasteiger partial charge in [-0.2, -0.15) is 0 Å². The molecule has 6 nitrogen and oxygen atoms in total. The van der Waals surface area contributed by atoms with E-state index in [1.165, 1.54) is 12.8 Å². The van der Waals surface area contributed by atoms with Gasteiger partial charge in [-0.1, -0.05) is 13.3 Å². The van der Waals surface area contributed by atoms with E-state index in [1.807, 2.05) is 22.9 Å². The molecule has 0 radical (unpaired) electrons. The van der Waals surface area contributed by atoms with Gasteiger partial charge < -0.3 is 10.5 Å². The summed E-state index contributed by atoms with van der Waals surface area (Å²) in [5.41, 5.74) is 7.55. The van der Waals surface area contributed by atoms with Gasteiger partial charge in [0.15, 0.2) is 5.82 Å². The van der Waals surface area contributed by atoms with Gasteiger partial charge in [0.2, 0.25) is 0 Å². The van der Waals surface area contributed by atoms with Crippen LogP contribution in [0.4, 0.5) is 5.69 Å². The highest BCUT2D eigenvalue weighted by Gasteiger charge is 2.40. The van der Waals surface area contributed by atoms with Crippen LogP contribution in [0.3, 0.4) is 0 Å². The molecular weight excluding hydrogens is 254 g/mol. The first kappa shape index (κ1) is 12.9. The van der Waals surface area contributed by atoms with E-state index < -0.39 is 0 Å². The topological polar surface area (TPSA) is 78.8 Å². The standard InChI is InChI=1S/C14H19N5O/c1-3-4-9-7-13(9)19-14(16-17-18-19)11-8-10(20-2)5-6-12(11)15/h5-6,8-9,13H,3-4,7,15H2,1-2H3. The molecule has 1 fully saturated rings. The molecule has 0 spiro atoms. The molecule has 20 heavy (non-hydrogen) atoms. The quantitative estimate of drug-likeness (QED) is 0.845. The molecule has 2 unspecified atom stereocenters. The van der Waals surface area contributed by atoms with Crippen LogP contribution < -0.4 is 10.5 Å². The van der Waals surface area contributed by atoms with E-state index in [2.05, 4.69) is 22.4 Å². The van der Waals surface area contributed by atoms with Crippen molar-refractivity contribution in [3.63, 3.8) is 0 Å². The minimum absolute atomic E-state index is 0.408. The summed E-state index contributed by atoms with van der Waals surface area (Å²) in [4.78, 5) is 0. The third kappa shape index (κ3) is 2.21. The van der Waals surface area contributed by atoms with Crippen LogP contribution in [0.2, 0.25) is 0 Å². The van der Waals surface area contributed by atoms with Gasteiger partial charge >= 0.3 is 0 Å². The van der Waals surface area contributed by atoms with Crippen molar-refractivity contribution in [2.45, 2.75) is 32.2 Å². The average Bonchev–Trinajstić information content (AvgIpc) is 3.05. The highest BCUT2D eigenvalue weighted by atomic mass is 16.5. The molecule has 1 aliphatic rings. The van der Waals surface area contributed by atoms with E-state index >= 15 is 0 Å². The summed E-state index contributed by atoms with van der Waals surface area (Å²) in [5, 5.41) is 12.1. The van der Waals surface area contributed by atoms with E-state index in [0.29, 0.717) is 17.6 Å². The number of hydrogen-bond donors (Lipinski definition) is 1. The minimum Gasteiger partial charge on any atom is -0.497 e. The van der Waals surface area contributed by atoms with Crippen molar-refractivity contribution in [2.24, 2.45) is 5.92 Å². The zero-order valence-electron chi connectivity index (χ0n) is 11.8. The van der Waals surface area contributed by atoms with E-state index in [-0.39, 0.29) is 0 Å². The van der Waals surface area contributed by atoms with Crippen LogP contribution >= 0.6 is 0 Å². The lowest BCUT2D eigenvalue weighted by Crippen LogP contribution is -2.04. The lowest BCUT2D eigenvalue weighted by molar-refractivity contribution is 0.415. The van der Waals surface area contributed by atoms with Gasteiger partial charge in [0.1, 0.15) is 5.75 Å². The van der Waals surface area contributed by atoms with Crippen molar-refractivity contribution in [3.8, 4) is 17.1 Å². The molecule has 2 aromatic rings. The van der Waals surface area contributed by atoms with Crippen LogP contribution in [0.15, 0.2) is 18.2 Å². The van der Waals surface area contributed by atoms with Gasteiger partial charge in [0, 0.05) is 11.3 Å². The Hall–Kier alpha value is -2.11. The normalized spacial score (nSPS) is 20.9. The molecule has 1 aliphatic carbocycles. The smallest absolute Gasteiger partial charge is 0.184 e. The first-order valence-electron chi connectivity index (χ1n) is 6.96. The third-order valence-corrected chi connectivity index (χ3v) is 3.85. The third-order valence-electron chi connectivity index (χ3n) is 3.85. The Kier molecular flexibility index (Phi) is 3.30. The average molecular weight is 273 g/mol. The molecule has 1 saturated carbocycles. The number of methoxy groups -OCH3 is 1. The molecule has 1 aromatic carbocycles. The summed E-state index contributed by atoms with van der Waals surface area (Å²) in [6.45, 7) is 2.20. The van der Waals surface area contributed by atoms with E-state index in [4.69, 9.17) is 10.5 Å². The number of tetrazole rings is 1. The molecule has 0 aliphatic heterocycles. The lowest BCUT2D eigenvalue weighted by Gasteiger charge is -2.08. The maximum Gasteiger partial charge on any atom is 0.184 e. The highest BCUT2D eigenvalue weighted by molar-refractivity contribution is 5.73. The predicted octanol–water partition coefficient (Wildman–Crippen LogP) is 2.29. The van der Waals surface area contributed by atoms with E-state index in [9.17, 15) is 0 Å². The Morgan fingerprint density at radius 1 is 1.45 bits per heavy atom. The number of nitrogens with zero attached hydrogens (tertiary/aromatic N) is 4. The maximum atomic E-state index is 6.05. The number of aromatic nitrogens is 4. The summed E-state index contributed by atoms with van der Waals surface area (Å²) < 4.78 is 7.16. The first-order chi connectivity index (χ1) is 9.74. The Balaban J connectivity index is 1.94. The predicted molar refractivity (Wildman–Crippen MR) is 76.3 cm³/mol. The molecule has 2 N–H and O–H groups in total. The van der Waals surface area contributed by atoms with Crippen LogP contribution in [0, 0.1) is 5.92 Å². The Labute approximate surface area is 117 Å². The van der Waals surface area contributed by atoms with Crippen molar-refractivity contribution in [1.29, 1.82) is 0 Å². The number of rotatable bonds is 5. The van der Waals surface area contributed by atoms with Crippen LogP contribution in [0.5, 0.6) is 5.75 Å². The van der Waals surface area contributed by atoms with Crippen LogP contribution in [0.25, 0.3) is 11.4 Å². The van der Waals surface area contributed by atoms with Crippen molar-refractivity contribution >= 4 is 5.69 Å². The Morgan fingerprint density at radius 3 is 3.05 bits per heavy atom. The number of ether oxygens (including phenoxy) is 1. The summed E-state index contributed by atoms with van der Waals surface area (Å²) in [6.07, 6.45) is 3.56. The fourth-order valence-corrected chi connectivity index (χ4v) is 2.66. The van der Waals surface area contributed by atoms with Gasteiger partial charge in [0.25, 0.3) is 0 Å². The fraction of sp³-hybridized carbons (Fsp3) is 0.500. The van der Waals surface area contributed by atoms with Gasteiger partial charge in [-0.3, -0.25) is 0 Å². The zero-order chi connectivity index (χ0) is 14.1. The molecule has 0 amide bonds. The first-order valence-corrected chi connectivity index (χ1v) is 6.96. The maximum absolute atomic E-state index is 6.05. The minimum atomic E-state index is 0.408. The van der Waals surface area contributed by atoms with Crippen molar-refractivity contribution < 1.29 is 4.74 Å². The number of anilines is 1. The second kappa shape index (κ2) is 5.11. The summed E-state index contributed by atoms with van der Waals surface area (Å²) in [6, 6.07) is 5.95. The van der Waals surface area contributed by atoms with Crippen molar-refractivity contribution in [1.82, 2.24) is 20.2 Å². The van der Waals surface area contributed by atoms with Crippen LogP contribution in [0.1, 0.15) is 32.2 Å². The monoisotopic (exact) mass is 273 g/mol. The molecule has 2 atom stereocenters. The molecule has 1 aromatic heterocycles. The number of benzene rings is 1. The van der Waals surface area contributed by atoms with E-state index in [1.54, 1.807) is 7.11 Å². The van der Waals surface area contributed by atoms with Gasteiger partial charge in [-0.15, -0.1) is 5.10 Å². The molecule has 106 valence electrons. The lowest BCUT2D eigenvalue weighted by atomic mass is 10.1. The molecule has 0 bridgehead atoms. The molecule has 3 rings (SSSR count). The number of hydrogen-bond acceptors (Lipinski definition) is 5. The second-order valence-corrected chi connectivity index (χ2v) is 5.25. The Bertz CT molecular complexity index is 609. The van der Waals surface area contributed by atoms with Crippen molar-refractivity contribution in [3.05, 3.63) is 18.2 Å². The highest BCUT2D eigenvalue weighted by Crippen LogP contribution is 2.47. The summed E-state index contributed by atoms with van der Waals surface area (Å²) in [5.74, 6) is 2.17. The number of nitrogens with two attached hydrogens (primary N) is 1. The molecular formula is C14H19N5O. The summed E-state index contributed by atoms with van der Waals surface area (Å²) >= 11 is 0. The van der Waals surface area contributed by atoms with E-state index in [0.717, 1.165) is 23.6 Å². The van der Waals surface area contributed by atoms with Gasteiger partial charge in [-0.25, -0.2) is 4.68 Å². The van der Waals surface area contributed by atoms with Crippen molar-refractivity contribution in [2.75, 3.05) is 12.8 Å². The molecule has 6 heteroatoms. The summed E-state index contributed by atoms with van der Waals surface area (Å²) in [7, 11) is 1.64. The zero-order valence-corrected chi connectivity index (χ0v) is 11.8. The van der Waals surface area contributed by atoms with Crippen LogP contribution in [-0.2, 0) is 0 Å². The van der Waals surface area contributed by atoms with Crippen LogP contribution in [-0.4, -0.2) is 27.3 Å². The fourth-order valence-electron chi connectivity index (χ4n) is 2.66. The molecule has 1 heterocycles. The Morgan fingerprint density at radius 2 is 2.30 bits per heavy atom. The molecule has 0 saturated heterocycles. The second-order valence-electron chi connectivity index (χ2n) is 5.25. The van der Waals surface area contributed by atoms with Gasteiger partial charge in [-0.05, 0) is 47.4 Å². The SMILES string of the molecule is CCCC1CC1n1nnnc1-c1cc(OC)ccc1N. The number of nitrogen functional groups attached to an aromatic ring is 1.